The second kappa shape index (κ2) is 10.7. The number of hydrogen-bond donors (Lipinski definition) is 2. The molecule has 0 aliphatic carbocycles. The third kappa shape index (κ3) is 5.46. The third-order valence-corrected chi connectivity index (χ3v) is 5.94. The van der Waals surface area contributed by atoms with Crippen LogP contribution < -0.4 is 4.74 Å². The van der Waals surface area contributed by atoms with Crippen LogP contribution in [-0.4, -0.2) is 31.2 Å². The smallest absolute Gasteiger partial charge is 0.328 e. The summed E-state index contributed by atoms with van der Waals surface area (Å²) in [4.78, 5) is 19.2. The number of nitrogens with one attached hydrogen (secondary N) is 1. The fourth-order valence-corrected chi connectivity index (χ4v) is 4.26. The molecule has 5 aromatic rings. The van der Waals surface area contributed by atoms with Crippen LogP contribution in [0.5, 0.6) is 11.8 Å². The molecule has 2 aromatic heterocycles. The standard InChI is InChI=1S/C30H24N4O3/c1-2-26(22-5-3-6-25(18-22)37-30-31-15-4-16-32-30)29(23-12-13-27-24(17-23)19-33-34-27)21-10-7-20(8-11-21)9-14-28(35)36/h3-19H,2H2,1H3,(H,33,34)(H,35,36). The molecule has 0 amide bonds. The quantitative estimate of drug-likeness (QED) is 0.188. The van der Waals surface area contributed by atoms with E-state index in [9.17, 15) is 4.79 Å². The Morgan fingerprint density at radius 1 is 0.946 bits per heavy atom. The highest BCUT2D eigenvalue weighted by Gasteiger charge is 2.15. The summed E-state index contributed by atoms with van der Waals surface area (Å²) < 4.78 is 5.90. The molecule has 0 aliphatic heterocycles. The lowest BCUT2D eigenvalue weighted by molar-refractivity contribution is -0.131. The molecule has 0 saturated heterocycles. The number of rotatable bonds is 8. The first-order valence-electron chi connectivity index (χ1n) is 11.8. The number of aromatic nitrogens is 4. The maximum atomic E-state index is 10.9. The van der Waals surface area contributed by atoms with Gasteiger partial charge in [-0.25, -0.2) is 14.8 Å². The number of allylic oxidation sites excluding steroid dienone is 1. The largest absolute Gasteiger partial charge is 0.478 e. The minimum Gasteiger partial charge on any atom is -0.478 e. The van der Waals surface area contributed by atoms with Gasteiger partial charge in [0.2, 0.25) is 0 Å². The van der Waals surface area contributed by atoms with Crippen molar-refractivity contribution in [2.24, 2.45) is 0 Å². The molecule has 37 heavy (non-hydrogen) atoms. The molecule has 2 N–H and O–H groups in total. The average molecular weight is 489 g/mol. The summed E-state index contributed by atoms with van der Waals surface area (Å²) in [7, 11) is 0. The number of aliphatic carboxylic acids is 1. The van der Waals surface area contributed by atoms with Crippen LogP contribution in [0.25, 0.3) is 28.1 Å². The lowest BCUT2D eigenvalue weighted by atomic mass is 9.87. The van der Waals surface area contributed by atoms with Gasteiger partial charge in [0.05, 0.1) is 11.7 Å². The molecule has 0 spiro atoms. The summed E-state index contributed by atoms with van der Waals surface area (Å²) in [6, 6.07) is 24.1. The third-order valence-electron chi connectivity index (χ3n) is 5.94. The molecule has 0 radical (unpaired) electrons. The molecule has 182 valence electrons. The second-order valence-corrected chi connectivity index (χ2v) is 8.33. The molecule has 0 saturated carbocycles. The highest BCUT2D eigenvalue weighted by atomic mass is 16.5. The lowest BCUT2D eigenvalue weighted by Crippen LogP contribution is -1.96. The van der Waals surface area contributed by atoms with Crippen molar-refractivity contribution in [2.45, 2.75) is 13.3 Å². The van der Waals surface area contributed by atoms with Gasteiger partial charge in [-0.15, -0.1) is 0 Å². The molecule has 2 heterocycles. The zero-order valence-electron chi connectivity index (χ0n) is 20.1. The molecular weight excluding hydrogens is 464 g/mol. The van der Waals surface area contributed by atoms with E-state index in [2.05, 4.69) is 45.3 Å². The number of ether oxygens (including phenoxy) is 1. The van der Waals surface area contributed by atoms with Gasteiger partial charge in [0.1, 0.15) is 5.75 Å². The van der Waals surface area contributed by atoms with E-state index in [4.69, 9.17) is 9.84 Å². The van der Waals surface area contributed by atoms with Gasteiger partial charge in [-0.2, -0.15) is 5.10 Å². The first-order chi connectivity index (χ1) is 18.1. The molecule has 0 unspecified atom stereocenters. The maximum absolute atomic E-state index is 10.9. The van der Waals surface area contributed by atoms with Crippen LogP contribution in [0.1, 0.15) is 35.6 Å². The second-order valence-electron chi connectivity index (χ2n) is 8.33. The summed E-state index contributed by atoms with van der Waals surface area (Å²) in [5.74, 6) is -0.331. The van der Waals surface area contributed by atoms with Gasteiger partial charge in [-0.3, -0.25) is 5.10 Å². The SMILES string of the molecule is CCC(=C(c1ccc(C=CC(=O)O)cc1)c1ccc2[nH]ncc2c1)c1cccc(Oc2ncccn2)c1. The Morgan fingerprint density at radius 2 is 1.73 bits per heavy atom. The Kier molecular flexibility index (Phi) is 6.85. The molecule has 0 atom stereocenters. The number of H-pyrrole nitrogens is 1. The van der Waals surface area contributed by atoms with E-state index in [1.54, 1.807) is 24.5 Å². The minimum atomic E-state index is -0.977. The molecule has 7 nitrogen and oxygen atoms in total. The fourth-order valence-electron chi connectivity index (χ4n) is 4.26. The molecule has 7 heteroatoms. The topological polar surface area (TPSA) is 101 Å². The lowest BCUT2D eigenvalue weighted by Gasteiger charge is -2.17. The number of benzene rings is 3. The van der Waals surface area contributed by atoms with E-state index in [-0.39, 0.29) is 6.01 Å². The van der Waals surface area contributed by atoms with E-state index >= 15 is 0 Å². The monoisotopic (exact) mass is 488 g/mol. The predicted molar refractivity (Wildman–Crippen MR) is 144 cm³/mol. The zero-order chi connectivity index (χ0) is 25.6. The number of fused-ring (bicyclic) bond motifs is 1. The van der Waals surface area contributed by atoms with Crippen molar-refractivity contribution in [1.29, 1.82) is 0 Å². The van der Waals surface area contributed by atoms with E-state index in [1.165, 1.54) is 0 Å². The Bertz CT molecular complexity index is 1600. The van der Waals surface area contributed by atoms with Crippen molar-refractivity contribution in [3.63, 3.8) is 0 Å². The summed E-state index contributed by atoms with van der Waals surface area (Å²) in [5.41, 5.74) is 7.08. The van der Waals surface area contributed by atoms with Gasteiger partial charge in [0, 0.05) is 23.9 Å². The number of hydrogen-bond acceptors (Lipinski definition) is 5. The van der Waals surface area contributed by atoms with Crippen LogP contribution >= 0.6 is 0 Å². The van der Waals surface area contributed by atoms with Crippen LogP contribution in [0.4, 0.5) is 0 Å². The summed E-state index contributed by atoms with van der Waals surface area (Å²) >= 11 is 0. The van der Waals surface area contributed by atoms with E-state index in [0.717, 1.165) is 56.8 Å². The molecule has 0 aliphatic rings. The summed E-state index contributed by atoms with van der Waals surface area (Å²) in [6.07, 6.45) is 8.59. The van der Waals surface area contributed by atoms with E-state index < -0.39 is 5.97 Å². The van der Waals surface area contributed by atoms with Crippen LogP contribution in [0.15, 0.2) is 97.5 Å². The van der Waals surface area contributed by atoms with E-state index in [1.807, 2.05) is 54.7 Å². The minimum absolute atomic E-state index is 0.289. The Labute approximate surface area is 213 Å². The number of carbonyl (C=O) groups is 1. The van der Waals surface area contributed by atoms with Gasteiger partial charge in [0.15, 0.2) is 0 Å². The van der Waals surface area contributed by atoms with Gasteiger partial charge in [-0.05, 0) is 76.2 Å². The van der Waals surface area contributed by atoms with Crippen molar-refractivity contribution in [3.8, 4) is 11.8 Å². The number of aromatic amines is 1. The van der Waals surface area contributed by atoms with Crippen molar-refractivity contribution in [1.82, 2.24) is 20.2 Å². The first kappa shape index (κ1) is 23.7. The highest BCUT2D eigenvalue weighted by molar-refractivity contribution is 6.00. The molecule has 0 bridgehead atoms. The molecular formula is C30H24N4O3. The van der Waals surface area contributed by atoms with Gasteiger partial charge in [-0.1, -0.05) is 49.4 Å². The number of nitrogens with zero attached hydrogens (tertiary/aromatic N) is 3. The highest BCUT2D eigenvalue weighted by Crippen LogP contribution is 2.37. The summed E-state index contributed by atoms with van der Waals surface area (Å²) in [6.45, 7) is 2.13. The molecule has 0 fully saturated rings. The van der Waals surface area contributed by atoms with Crippen molar-refractivity contribution >= 4 is 34.1 Å². The van der Waals surface area contributed by atoms with E-state index in [0.29, 0.717) is 5.75 Å². The molecule has 3 aromatic carbocycles. The van der Waals surface area contributed by atoms with Crippen molar-refractivity contribution < 1.29 is 14.6 Å². The normalized spacial score (nSPS) is 12.0. The van der Waals surface area contributed by atoms with Gasteiger partial charge < -0.3 is 9.84 Å². The Balaban J connectivity index is 1.63. The molecule has 5 rings (SSSR count). The average Bonchev–Trinajstić information content (AvgIpc) is 3.40. The fraction of sp³-hybridized carbons (Fsp3) is 0.0667. The Morgan fingerprint density at radius 3 is 2.49 bits per heavy atom. The number of carboxylic acids is 1. The predicted octanol–water partition coefficient (Wildman–Crippen LogP) is 6.61. The van der Waals surface area contributed by atoms with Crippen molar-refractivity contribution in [2.75, 3.05) is 0 Å². The number of carboxylic acid groups (broad SMARTS) is 1. The maximum Gasteiger partial charge on any atom is 0.328 e. The first-order valence-corrected chi connectivity index (χ1v) is 11.8. The Hall–Kier alpha value is -5.04. The van der Waals surface area contributed by atoms with Crippen LogP contribution in [0.3, 0.4) is 0 Å². The van der Waals surface area contributed by atoms with Gasteiger partial charge in [0.25, 0.3) is 0 Å². The summed E-state index contributed by atoms with van der Waals surface area (Å²) in [5, 5.41) is 17.2. The zero-order valence-corrected chi connectivity index (χ0v) is 20.1. The van der Waals surface area contributed by atoms with Gasteiger partial charge >= 0.3 is 12.0 Å². The van der Waals surface area contributed by atoms with Crippen LogP contribution in [-0.2, 0) is 4.79 Å². The van der Waals surface area contributed by atoms with Crippen molar-refractivity contribution in [3.05, 3.63) is 120 Å². The van der Waals surface area contributed by atoms with Crippen LogP contribution in [0.2, 0.25) is 0 Å². The van der Waals surface area contributed by atoms with Crippen LogP contribution in [0, 0.1) is 0 Å².